The van der Waals surface area contributed by atoms with Gasteiger partial charge in [-0.25, -0.2) is 0 Å². The van der Waals surface area contributed by atoms with Gasteiger partial charge < -0.3 is 19.5 Å². The van der Waals surface area contributed by atoms with Gasteiger partial charge in [0.25, 0.3) is 5.91 Å². The Labute approximate surface area is 151 Å². The minimum atomic E-state index is -0.561. The highest BCUT2D eigenvalue weighted by Gasteiger charge is 2.19. The third kappa shape index (κ3) is 4.17. The van der Waals surface area contributed by atoms with Crippen LogP contribution in [-0.4, -0.2) is 18.8 Å². The predicted octanol–water partition coefficient (Wildman–Crippen LogP) is 3.85. The molecule has 0 aliphatic carbocycles. The standard InChI is InChI=1S/C19H20ClNO4/c1-3-15(25-16-7-5-14(20)8-12(16)2)19(22)21-10-13-4-6-17-18(9-13)24-11-23-17/h4-9,15H,3,10-11H2,1-2H3,(H,21,22). The van der Waals surface area contributed by atoms with E-state index in [0.717, 1.165) is 16.9 Å². The summed E-state index contributed by atoms with van der Waals surface area (Å²) in [7, 11) is 0. The number of carbonyl (C=O) groups is 1. The maximum Gasteiger partial charge on any atom is 0.261 e. The zero-order valence-corrected chi connectivity index (χ0v) is 14.9. The molecule has 6 heteroatoms. The molecule has 132 valence electrons. The van der Waals surface area contributed by atoms with E-state index in [1.54, 1.807) is 12.1 Å². The smallest absolute Gasteiger partial charge is 0.261 e. The molecule has 3 rings (SSSR count). The number of nitrogens with one attached hydrogen (secondary N) is 1. The normalized spacial score (nSPS) is 13.4. The molecule has 25 heavy (non-hydrogen) atoms. The Morgan fingerprint density at radius 3 is 2.80 bits per heavy atom. The minimum absolute atomic E-state index is 0.158. The quantitative estimate of drug-likeness (QED) is 0.849. The van der Waals surface area contributed by atoms with Gasteiger partial charge in [-0.05, 0) is 54.8 Å². The molecule has 1 aliphatic heterocycles. The van der Waals surface area contributed by atoms with Gasteiger partial charge in [-0.15, -0.1) is 0 Å². The Morgan fingerprint density at radius 2 is 2.04 bits per heavy atom. The highest BCUT2D eigenvalue weighted by Crippen LogP contribution is 2.32. The van der Waals surface area contributed by atoms with Crippen LogP contribution >= 0.6 is 11.6 Å². The van der Waals surface area contributed by atoms with Crippen LogP contribution in [0.4, 0.5) is 0 Å². The van der Waals surface area contributed by atoms with Crippen LogP contribution in [0.1, 0.15) is 24.5 Å². The molecule has 1 N–H and O–H groups in total. The summed E-state index contributed by atoms with van der Waals surface area (Å²) < 4.78 is 16.5. The summed E-state index contributed by atoms with van der Waals surface area (Å²) in [5.41, 5.74) is 1.84. The molecule has 1 unspecified atom stereocenters. The Hall–Kier alpha value is -2.40. The molecule has 1 amide bonds. The molecule has 0 saturated heterocycles. The van der Waals surface area contributed by atoms with Crippen molar-refractivity contribution in [1.82, 2.24) is 5.32 Å². The number of hydrogen-bond acceptors (Lipinski definition) is 4. The fraction of sp³-hybridized carbons (Fsp3) is 0.316. The number of fused-ring (bicyclic) bond motifs is 1. The van der Waals surface area contributed by atoms with Crippen LogP contribution in [0.3, 0.4) is 0 Å². The van der Waals surface area contributed by atoms with Gasteiger partial charge in [-0.1, -0.05) is 24.6 Å². The van der Waals surface area contributed by atoms with E-state index in [1.165, 1.54) is 0 Å². The molecule has 1 atom stereocenters. The number of amides is 1. The molecular weight excluding hydrogens is 342 g/mol. The van der Waals surface area contributed by atoms with Gasteiger partial charge in [-0.2, -0.15) is 0 Å². The number of carbonyl (C=O) groups excluding carboxylic acids is 1. The van der Waals surface area contributed by atoms with E-state index < -0.39 is 6.10 Å². The molecule has 0 bridgehead atoms. The highest BCUT2D eigenvalue weighted by molar-refractivity contribution is 6.30. The fourth-order valence-electron chi connectivity index (χ4n) is 2.57. The molecule has 0 fully saturated rings. The lowest BCUT2D eigenvalue weighted by Crippen LogP contribution is -2.37. The second-order valence-corrected chi connectivity index (χ2v) is 6.27. The number of ether oxygens (including phenoxy) is 3. The third-order valence-corrected chi connectivity index (χ3v) is 4.21. The van der Waals surface area contributed by atoms with Gasteiger partial charge in [0.05, 0.1) is 0 Å². The monoisotopic (exact) mass is 361 g/mol. The van der Waals surface area contributed by atoms with Gasteiger partial charge in [0.2, 0.25) is 6.79 Å². The van der Waals surface area contributed by atoms with Gasteiger partial charge in [0.1, 0.15) is 5.75 Å². The molecular formula is C19H20ClNO4. The van der Waals surface area contributed by atoms with E-state index in [4.69, 9.17) is 25.8 Å². The molecule has 2 aromatic carbocycles. The summed E-state index contributed by atoms with van der Waals surface area (Å²) in [4.78, 5) is 12.4. The van der Waals surface area contributed by atoms with Crippen molar-refractivity contribution < 1.29 is 19.0 Å². The molecule has 1 aliphatic rings. The van der Waals surface area contributed by atoms with Crippen LogP contribution in [0.25, 0.3) is 0 Å². The van der Waals surface area contributed by atoms with Gasteiger partial charge in [-0.3, -0.25) is 4.79 Å². The Balaban J connectivity index is 1.60. The third-order valence-electron chi connectivity index (χ3n) is 3.97. The van der Waals surface area contributed by atoms with Crippen LogP contribution in [0.15, 0.2) is 36.4 Å². The average molecular weight is 362 g/mol. The van der Waals surface area contributed by atoms with Crippen LogP contribution < -0.4 is 19.5 Å². The van der Waals surface area contributed by atoms with Gasteiger partial charge in [0, 0.05) is 11.6 Å². The van der Waals surface area contributed by atoms with E-state index in [9.17, 15) is 4.79 Å². The lowest BCUT2D eigenvalue weighted by atomic mass is 10.2. The maximum atomic E-state index is 12.4. The van der Waals surface area contributed by atoms with E-state index in [2.05, 4.69) is 5.32 Å². The summed E-state index contributed by atoms with van der Waals surface area (Å²) in [6, 6.07) is 11.0. The van der Waals surface area contributed by atoms with E-state index >= 15 is 0 Å². The van der Waals surface area contributed by atoms with Crippen molar-refractivity contribution in [2.24, 2.45) is 0 Å². The summed E-state index contributed by atoms with van der Waals surface area (Å²) in [5.74, 6) is 1.93. The topological polar surface area (TPSA) is 56.8 Å². The molecule has 1 heterocycles. The first-order chi connectivity index (χ1) is 12.1. The van der Waals surface area contributed by atoms with E-state index in [1.807, 2.05) is 38.1 Å². The van der Waals surface area contributed by atoms with Crippen molar-refractivity contribution in [3.05, 3.63) is 52.5 Å². The van der Waals surface area contributed by atoms with Crippen molar-refractivity contribution in [2.45, 2.75) is 32.9 Å². The zero-order valence-electron chi connectivity index (χ0n) is 14.2. The molecule has 5 nitrogen and oxygen atoms in total. The average Bonchev–Trinajstić information content (AvgIpc) is 3.07. The summed E-state index contributed by atoms with van der Waals surface area (Å²) in [5, 5.41) is 3.55. The number of halogens is 1. The van der Waals surface area contributed by atoms with E-state index in [-0.39, 0.29) is 12.7 Å². The summed E-state index contributed by atoms with van der Waals surface area (Å²) >= 11 is 5.95. The molecule has 2 aromatic rings. The first kappa shape index (κ1) is 17.4. The molecule has 0 saturated carbocycles. The van der Waals surface area contributed by atoms with E-state index in [0.29, 0.717) is 29.5 Å². The lowest BCUT2D eigenvalue weighted by molar-refractivity contribution is -0.128. The Kier molecular flexibility index (Phi) is 5.34. The molecule has 0 spiro atoms. The van der Waals surface area contributed by atoms with Gasteiger partial charge in [0.15, 0.2) is 17.6 Å². The highest BCUT2D eigenvalue weighted by atomic mass is 35.5. The molecule has 0 radical (unpaired) electrons. The summed E-state index contributed by atoms with van der Waals surface area (Å²) in [6.45, 7) is 4.45. The Bertz CT molecular complexity index is 778. The van der Waals surface area contributed by atoms with Crippen molar-refractivity contribution in [3.63, 3.8) is 0 Å². The van der Waals surface area contributed by atoms with Crippen LogP contribution in [0.2, 0.25) is 5.02 Å². The van der Waals surface area contributed by atoms with Crippen molar-refractivity contribution >= 4 is 17.5 Å². The number of rotatable bonds is 6. The Morgan fingerprint density at radius 1 is 1.24 bits per heavy atom. The van der Waals surface area contributed by atoms with Crippen molar-refractivity contribution in [1.29, 1.82) is 0 Å². The van der Waals surface area contributed by atoms with Crippen LogP contribution in [0.5, 0.6) is 17.2 Å². The van der Waals surface area contributed by atoms with Crippen LogP contribution in [-0.2, 0) is 11.3 Å². The van der Waals surface area contributed by atoms with Crippen molar-refractivity contribution in [2.75, 3.05) is 6.79 Å². The van der Waals surface area contributed by atoms with Gasteiger partial charge >= 0.3 is 0 Å². The zero-order chi connectivity index (χ0) is 17.8. The number of aryl methyl sites for hydroxylation is 1. The van der Waals surface area contributed by atoms with Crippen LogP contribution in [0, 0.1) is 6.92 Å². The van der Waals surface area contributed by atoms with Crippen molar-refractivity contribution in [3.8, 4) is 17.2 Å². The second kappa shape index (κ2) is 7.66. The predicted molar refractivity (Wildman–Crippen MR) is 95.3 cm³/mol. The SMILES string of the molecule is CCC(Oc1ccc(Cl)cc1C)C(=O)NCc1ccc2c(c1)OCO2. The fourth-order valence-corrected chi connectivity index (χ4v) is 2.80. The summed E-state index contributed by atoms with van der Waals surface area (Å²) in [6.07, 6.45) is 0.00331. The second-order valence-electron chi connectivity index (χ2n) is 5.83. The first-order valence-electron chi connectivity index (χ1n) is 8.16. The minimum Gasteiger partial charge on any atom is -0.480 e. The first-order valence-corrected chi connectivity index (χ1v) is 8.53. The maximum absolute atomic E-state index is 12.4. The lowest BCUT2D eigenvalue weighted by Gasteiger charge is -2.19. The largest absolute Gasteiger partial charge is 0.480 e. The number of benzene rings is 2. The number of hydrogen-bond donors (Lipinski definition) is 1. The molecule has 0 aromatic heterocycles.